The van der Waals surface area contributed by atoms with E-state index < -0.39 is 28.7 Å². The van der Waals surface area contributed by atoms with Crippen molar-refractivity contribution in [3.8, 4) is 0 Å². The summed E-state index contributed by atoms with van der Waals surface area (Å²) in [6, 6.07) is 4.67. The molecule has 0 bridgehead atoms. The fourth-order valence-corrected chi connectivity index (χ4v) is 8.58. The maximum atomic E-state index is 14.7. The van der Waals surface area contributed by atoms with Gasteiger partial charge in [-0.2, -0.15) is 0 Å². The first-order valence-corrected chi connectivity index (χ1v) is 14.6. The van der Waals surface area contributed by atoms with Gasteiger partial charge in [0.2, 0.25) is 5.91 Å². The van der Waals surface area contributed by atoms with E-state index in [0.717, 1.165) is 36.1 Å². The third-order valence-corrected chi connectivity index (χ3v) is 10.5. The molecule has 204 valence electrons. The molecule has 5 rings (SSSR count). The van der Waals surface area contributed by atoms with E-state index in [1.165, 1.54) is 0 Å². The Hall–Kier alpha value is -2.58. The molecule has 1 N–H and O–H groups in total. The summed E-state index contributed by atoms with van der Waals surface area (Å²) in [4.78, 5) is 45.9. The molecule has 1 unspecified atom stereocenters. The smallest absolute Gasteiger partial charge is 0.311 e. The molecular formula is C30H38N2O5S. The van der Waals surface area contributed by atoms with Crippen LogP contribution >= 0.6 is 11.8 Å². The van der Waals surface area contributed by atoms with E-state index in [2.05, 4.69) is 6.08 Å². The minimum absolute atomic E-state index is 0.0257. The van der Waals surface area contributed by atoms with E-state index in [4.69, 9.17) is 4.74 Å². The number of esters is 1. The molecule has 4 aliphatic heterocycles. The first kappa shape index (κ1) is 27.0. The first-order valence-electron chi connectivity index (χ1n) is 13.8. The molecule has 7 atom stereocenters. The van der Waals surface area contributed by atoms with Crippen molar-refractivity contribution < 1.29 is 24.2 Å². The number of cyclic esters (lactones) is 1. The van der Waals surface area contributed by atoms with Crippen molar-refractivity contribution >= 4 is 35.2 Å². The van der Waals surface area contributed by atoms with Crippen molar-refractivity contribution in [3.05, 3.63) is 53.6 Å². The summed E-state index contributed by atoms with van der Waals surface area (Å²) < 4.78 is 4.71. The lowest BCUT2D eigenvalue weighted by Gasteiger charge is -2.40. The van der Waals surface area contributed by atoms with Crippen LogP contribution < -0.4 is 4.90 Å². The van der Waals surface area contributed by atoms with Crippen LogP contribution in [0.15, 0.2) is 42.5 Å². The van der Waals surface area contributed by atoms with Gasteiger partial charge in [0.15, 0.2) is 0 Å². The van der Waals surface area contributed by atoms with Gasteiger partial charge in [0.05, 0.1) is 35.8 Å². The zero-order chi connectivity index (χ0) is 27.2. The van der Waals surface area contributed by atoms with Crippen molar-refractivity contribution in [3.63, 3.8) is 0 Å². The van der Waals surface area contributed by atoms with E-state index in [9.17, 15) is 19.5 Å². The van der Waals surface area contributed by atoms with Gasteiger partial charge in [-0.1, -0.05) is 56.7 Å². The van der Waals surface area contributed by atoms with Gasteiger partial charge in [-0.25, -0.2) is 0 Å². The zero-order valence-corrected chi connectivity index (χ0v) is 23.4. The minimum atomic E-state index is -0.931. The number of thioether (sulfide) groups is 1. The van der Waals surface area contributed by atoms with Crippen molar-refractivity contribution in [2.24, 2.45) is 17.8 Å². The Morgan fingerprint density at radius 1 is 1.18 bits per heavy atom. The molecule has 4 heterocycles. The van der Waals surface area contributed by atoms with Gasteiger partial charge in [0, 0.05) is 17.5 Å². The zero-order valence-electron chi connectivity index (χ0n) is 22.6. The number of aliphatic hydroxyl groups is 1. The molecular weight excluding hydrogens is 500 g/mol. The number of aliphatic hydroxyl groups excluding tert-OH is 1. The highest BCUT2D eigenvalue weighted by Crippen LogP contribution is 2.61. The molecule has 1 spiro atoms. The van der Waals surface area contributed by atoms with Crippen molar-refractivity contribution in [2.45, 2.75) is 69.0 Å². The fourth-order valence-electron chi connectivity index (χ4n) is 6.59. The van der Waals surface area contributed by atoms with Gasteiger partial charge in [0.1, 0.15) is 6.04 Å². The lowest BCUT2D eigenvalue weighted by molar-refractivity contribution is -0.153. The van der Waals surface area contributed by atoms with Crippen LogP contribution in [0.5, 0.6) is 0 Å². The maximum Gasteiger partial charge on any atom is 0.311 e. The Morgan fingerprint density at radius 3 is 2.71 bits per heavy atom. The summed E-state index contributed by atoms with van der Waals surface area (Å²) in [5.41, 5.74) is 2.84. The van der Waals surface area contributed by atoms with Crippen LogP contribution in [0.4, 0.5) is 5.69 Å². The Balaban J connectivity index is 1.68. The standard InChI is InChI=1S/C30H38N2O5S/c1-5-19(3)22(17-33)32-26-28(35)31(21-16-18(2)11-12-20(21)4)14-9-13-30(26)25(27(32)34)24-23(38-30)10-7-6-8-15-37-29(24)36/h7,9-13,16,19,22-26,33H,5-6,8,14-15,17H2,1-4H3/b10-7-/t19-,22-,23-,24+,25-,26?,30-/m0/s1. The number of benzene rings is 1. The van der Waals surface area contributed by atoms with Gasteiger partial charge in [-0.05, 0) is 49.8 Å². The number of fused-ring (bicyclic) bond motifs is 2. The quantitative estimate of drug-likeness (QED) is 0.453. The first-order chi connectivity index (χ1) is 18.2. The maximum absolute atomic E-state index is 14.7. The van der Waals surface area contributed by atoms with Crippen LogP contribution in [0.3, 0.4) is 0 Å². The van der Waals surface area contributed by atoms with E-state index in [1.807, 2.05) is 64.1 Å². The van der Waals surface area contributed by atoms with Crippen LogP contribution in [0.1, 0.15) is 44.2 Å². The van der Waals surface area contributed by atoms with Gasteiger partial charge in [-0.15, -0.1) is 11.8 Å². The van der Waals surface area contributed by atoms with Crippen LogP contribution in [0, 0.1) is 31.6 Å². The summed E-state index contributed by atoms with van der Waals surface area (Å²) in [5, 5.41) is 10.3. The van der Waals surface area contributed by atoms with Crippen molar-refractivity contribution in [1.82, 2.24) is 4.90 Å². The summed E-state index contributed by atoms with van der Waals surface area (Å²) in [6.45, 7) is 8.45. The number of hydrogen-bond donors (Lipinski definition) is 1. The average Bonchev–Trinajstić information content (AvgIpc) is 3.31. The fraction of sp³-hybridized carbons (Fsp3) is 0.567. The number of anilines is 1. The minimum Gasteiger partial charge on any atom is -0.465 e. The van der Waals surface area contributed by atoms with Crippen LogP contribution in [0.25, 0.3) is 0 Å². The second-order valence-electron chi connectivity index (χ2n) is 11.1. The number of rotatable bonds is 5. The molecule has 7 nitrogen and oxygen atoms in total. The van der Waals surface area contributed by atoms with Gasteiger partial charge in [0.25, 0.3) is 5.91 Å². The largest absolute Gasteiger partial charge is 0.465 e. The van der Waals surface area contributed by atoms with Crippen LogP contribution in [-0.2, 0) is 19.1 Å². The lowest BCUT2D eigenvalue weighted by Crippen LogP contribution is -2.58. The van der Waals surface area contributed by atoms with Gasteiger partial charge >= 0.3 is 5.97 Å². The highest BCUT2D eigenvalue weighted by atomic mass is 32.2. The third-order valence-electron chi connectivity index (χ3n) is 8.79. The molecule has 4 aliphatic rings. The molecule has 0 radical (unpaired) electrons. The molecule has 1 aromatic carbocycles. The summed E-state index contributed by atoms with van der Waals surface area (Å²) in [5.74, 6) is -2.23. The molecule has 2 saturated heterocycles. The number of allylic oxidation sites excluding steroid dienone is 1. The molecule has 8 heteroatoms. The molecule has 38 heavy (non-hydrogen) atoms. The Morgan fingerprint density at radius 2 is 1.97 bits per heavy atom. The Kier molecular flexibility index (Phi) is 7.48. The average molecular weight is 539 g/mol. The normalized spacial score (nSPS) is 33.3. The number of amides is 2. The molecule has 2 amide bonds. The predicted molar refractivity (Wildman–Crippen MR) is 149 cm³/mol. The Bertz CT molecular complexity index is 1180. The number of hydrogen-bond acceptors (Lipinski definition) is 6. The molecule has 2 fully saturated rings. The van der Waals surface area contributed by atoms with E-state index in [1.54, 1.807) is 21.6 Å². The molecule has 0 saturated carbocycles. The lowest BCUT2D eigenvalue weighted by atomic mass is 9.78. The number of nitrogens with zero attached hydrogens (tertiary/aromatic N) is 2. The van der Waals surface area contributed by atoms with E-state index in [0.29, 0.717) is 13.2 Å². The molecule has 0 aromatic heterocycles. The Labute approximate surface area is 229 Å². The number of carbonyl (C=O) groups excluding carboxylic acids is 3. The number of ether oxygens (including phenoxy) is 1. The monoisotopic (exact) mass is 538 g/mol. The van der Waals surface area contributed by atoms with Crippen LogP contribution in [-0.4, -0.2) is 69.6 Å². The summed E-state index contributed by atoms with van der Waals surface area (Å²) >= 11 is 1.54. The third kappa shape index (κ3) is 4.20. The molecule has 0 aliphatic carbocycles. The van der Waals surface area contributed by atoms with Crippen molar-refractivity contribution in [1.29, 1.82) is 0 Å². The summed E-state index contributed by atoms with van der Waals surface area (Å²) in [6.07, 6.45) is 10.4. The topological polar surface area (TPSA) is 87.2 Å². The predicted octanol–water partition coefficient (Wildman–Crippen LogP) is 3.80. The second kappa shape index (κ2) is 10.5. The van der Waals surface area contributed by atoms with E-state index >= 15 is 0 Å². The number of carbonyl (C=O) groups is 3. The second-order valence-corrected chi connectivity index (χ2v) is 12.6. The van der Waals surface area contributed by atoms with Gasteiger partial charge in [-0.3, -0.25) is 14.4 Å². The highest BCUT2D eigenvalue weighted by Gasteiger charge is 2.72. The van der Waals surface area contributed by atoms with E-state index in [-0.39, 0.29) is 35.6 Å². The van der Waals surface area contributed by atoms with Crippen LogP contribution in [0.2, 0.25) is 0 Å². The van der Waals surface area contributed by atoms with Gasteiger partial charge < -0.3 is 19.6 Å². The summed E-state index contributed by atoms with van der Waals surface area (Å²) in [7, 11) is 0. The number of aryl methyl sites for hydroxylation is 2. The number of likely N-dealkylation sites (tertiary alicyclic amines) is 1. The molecule has 1 aromatic rings. The van der Waals surface area contributed by atoms with Crippen molar-refractivity contribution in [2.75, 3.05) is 24.7 Å². The highest BCUT2D eigenvalue weighted by molar-refractivity contribution is 8.02. The SMILES string of the molecule is CC[C@H](C)[C@H](CO)N1C(=O)[C@@H]2[C@@H]3C(=O)OCCC/C=C\[C@@H]3S[C@@]23C=CCN(c2cc(C)ccc2C)C(=O)C13.